The molecule has 1 aromatic carbocycles. The summed E-state index contributed by atoms with van der Waals surface area (Å²) in [5, 5.41) is 1.20. The van der Waals surface area contributed by atoms with Crippen molar-refractivity contribution >= 4 is 28.4 Å². The normalized spacial score (nSPS) is 15.4. The van der Waals surface area contributed by atoms with Crippen LogP contribution in [0, 0.1) is 0 Å². The van der Waals surface area contributed by atoms with Crippen LogP contribution in [0.3, 0.4) is 0 Å². The third-order valence-electron chi connectivity index (χ3n) is 2.44. The van der Waals surface area contributed by atoms with Crippen molar-refractivity contribution in [1.29, 1.82) is 0 Å². The highest BCUT2D eigenvalue weighted by Crippen LogP contribution is 2.17. The molecule has 0 spiro atoms. The smallest absolute Gasteiger partial charge is 0.193 e. The number of methoxy groups -OCH3 is 1. The monoisotopic (exact) mass is 270 g/mol. The highest BCUT2D eigenvalue weighted by Gasteiger charge is 2.15. The zero-order valence-corrected chi connectivity index (χ0v) is 10.9. The Bertz CT molecular complexity index is 454. The van der Waals surface area contributed by atoms with E-state index in [2.05, 4.69) is 4.99 Å². The summed E-state index contributed by atoms with van der Waals surface area (Å²) >= 11 is 11.7. The number of hydrogen-bond acceptors (Lipinski definition) is 3. The number of nitrogens with zero attached hydrogens (tertiary/aromatic N) is 2. The van der Waals surface area contributed by atoms with Gasteiger partial charge in [0.15, 0.2) is 5.88 Å². The fourth-order valence-electron chi connectivity index (χ4n) is 1.59. The molecule has 0 radical (unpaired) electrons. The van der Waals surface area contributed by atoms with Gasteiger partial charge in [0.2, 0.25) is 0 Å². The third-order valence-corrected chi connectivity index (χ3v) is 2.92. The Morgan fingerprint density at radius 3 is 2.65 bits per heavy atom. The molecule has 0 bridgehead atoms. The molecular formula is C12H12Cl2N2O. The van der Waals surface area contributed by atoms with Gasteiger partial charge < -0.3 is 9.64 Å². The van der Waals surface area contributed by atoms with Crippen LogP contribution in [0.5, 0.6) is 0 Å². The summed E-state index contributed by atoms with van der Waals surface area (Å²) in [6.45, 7) is 1.21. The van der Waals surface area contributed by atoms with Crippen molar-refractivity contribution in [2.45, 2.75) is 6.54 Å². The maximum atomic E-state index is 5.84. The quantitative estimate of drug-likeness (QED) is 0.843. The van der Waals surface area contributed by atoms with E-state index in [0.717, 1.165) is 16.5 Å². The molecule has 0 fully saturated rings. The highest BCUT2D eigenvalue weighted by atomic mass is 35.5. The van der Waals surface area contributed by atoms with Crippen molar-refractivity contribution in [3.8, 4) is 0 Å². The van der Waals surface area contributed by atoms with E-state index in [4.69, 9.17) is 27.9 Å². The van der Waals surface area contributed by atoms with E-state index in [1.807, 2.05) is 29.2 Å². The molecule has 1 aliphatic heterocycles. The topological polar surface area (TPSA) is 24.8 Å². The molecule has 0 unspecified atom stereocenters. The molecule has 1 heterocycles. The number of benzene rings is 1. The van der Waals surface area contributed by atoms with Crippen LogP contribution in [-0.4, -0.2) is 23.8 Å². The summed E-state index contributed by atoms with van der Waals surface area (Å²) in [5.41, 5.74) is 1.14. The molecule has 0 aromatic heterocycles. The molecular weight excluding hydrogens is 259 g/mol. The summed E-state index contributed by atoms with van der Waals surface area (Å²) in [5.74, 6) is 0.722. The van der Waals surface area contributed by atoms with Gasteiger partial charge in [-0.25, -0.2) is 0 Å². The molecule has 0 saturated heterocycles. The van der Waals surface area contributed by atoms with Crippen molar-refractivity contribution in [3.05, 3.63) is 46.8 Å². The Hall–Kier alpha value is -1.19. The molecule has 1 aromatic rings. The van der Waals surface area contributed by atoms with Crippen molar-refractivity contribution in [3.63, 3.8) is 0 Å². The van der Waals surface area contributed by atoms with Gasteiger partial charge in [-0.05, 0) is 17.7 Å². The third kappa shape index (κ3) is 3.14. The van der Waals surface area contributed by atoms with Crippen LogP contribution >= 0.6 is 23.2 Å². The van der Waals surface area contributed by atoms with E-state index in [0.29, 0.717) is 18.4 Å². The lowest BCUT2D eigenvalue weighted by Crippen LogP contribution is -2.27. The Labute approximate surface area is 110 Å². The molecule has 0 amide bonds. The van der Waals surface area contributed by atoms with Gasteiger partial charge in [-0.2, -0.15) is 0 Å². The van der Waals surface area contributed by atoms with Crippen LogP contribution in [0.25, 0.3) is 0 Å². The van der Waals surface area contributed by atoms with Crippen molar-refractivity contribution in [1.82, 2.24) is 4.90 Å². The van der Waals surface area contributed by atoms with Gasteiger partial charge in [0.25, 0.3) is 0 Å². The Morgan fingerprint density at radius 1 is 1.29 bits per heavy atom. The van der Waals surface area contributed by atoms with Crippen LogP contribution in [0.15, 0.2) is 41.2 Å². The number of ether oxygens (including phenoxy) is 1. The minimum Gasteiger partial charge on any atom is -0.482 e. The first-order chi connectivity index (χ1) is 8.19. The first-order valence-electron chi connectivity index (χ1n) is 5.14. The van der Waals surface area contributed by atoms with E-state index in [1.165, 1.54) is 0 Å². The van der Waals surface area contributed by atoms with Gasteiger partial charge in [-0.3, -0.25) is 4.99 Å². The maximum absolute atomic E-state index is 5.84. The number of halogens is 2. The molecule has 5 heteroatoms. The zero-order chi connectivity index (χ0) is 12.3. The van der Waals surface area contributed by atoms with Crippen LogP contribution in [-0.2, 0) is 11.3 Å². The van der Waals surface area contributed by atoms with Crippen LogP contribution in [0.4, 0.5) is 0 Å². The van der Waals surface area contributed by atoms with Gasteiger partial charge in [0, 0.05) is 17.6 Å². The first-order valence-corrected chi connectivity index (χ1v) is 5.89. The predicted molar refractivity (Wildman–Crippen MR) is 70.2 cm³/mol. The number of aliphatic imine (C=N–C) groups is 1. The summed E-state index contributed by atoms with van der Waals surface area (Å²) in [7, 11) is 1.62. The summed E-state index contributed by atoms with van der Waals surface area (Å²) < 4.78 is 5.27. The van der Waals surface area contributed by atoms with Gasteiger partial charge in [-0.1, -0.05) is 35.3 Å². The van der Waals surface area contributed by atoms with Gasteiger partial charge in [-0.15, -0.1) is 0 Å². The Morgan fingerprint density at radius 2 is 2.00 bits per heavy atom. The number of hydrogen-bond donors (Lipinski definition) is 0. The Kier molecular flexibility index (Phi) is 3.92. The van der Waals surface area contributed by atoms with E-state index < -0.39 is 0 Å². The SMILES string of the molecule is COC1=CC(Cl)=NCN1Cc1ccc(Cl)cc1. The molecule has 90 valence electrons. The summed E-state index contributed by atoms with van der Waals surface area (Å²) in [4.78, 5) is 6.14. The van der Waals surface area contributed by atoms with E-state index >= 15 is 0 Å². The molecule has 0 N–H and O–H groups in total. The van der Waals surface area contributed by atoms with Crippen LogP contribution in [0.2, 0.25) is 5.02 Å². The second-order valence-electron chi connectivity index (χ2n) is 3.63. The number of allylic oxidation sites excluding steroid dienone is 1. The highest BCUT2D eigenvalue weighted by molar-refractivity contribution is 6.68. The average Bonchev–Trinajstić information content (AvgIpc) is 2.34. The lowest BCUT2D eigenvalue weighted by molar-refractivity contribution is 0.148. The molecule has 3 nitrogen and oxygen atoms in total. The maximum Gasteiger partial charge on any atom is 0.193 e. The van der Waals surface area contributed by atoms with Gasteiger partial charge >= 0.3 is 0 Å². The largest absolute Gasteiger partial charge is 0.482 e. The van der Waals surface area contributed by atoms with Gasteiger partial charge in [0.1, 0.15) is 11.8 Å². The molecule has 0 saturated carbocycles. The van der Waals surface area contributed by atoms with Gasteiger partial charge in [0.05, 0.1) is 7.11 Å². The zero-order valence-electron chi connectivity index (χ0n) is 9.36. The lowest BCUT2D eigenvalue weighted by Gasteiger charge is -2.26. The van der Waals surface area contributed by atoms with E-state index in [1.54, 1.807) is 13.2 Å². The molecule has 1 aliphatic rings. The second kappa shape index (κ2) is 5.43. The van der Waals surface area contributed by atoms with Crippen LogP contribution < -0.4 is 0 Å². The number of rotatable bonds is 3. The second-order valence-corrected chi connectivity index (χ2v) is 4.46. The minimum absolute atomic E-state index is 0.467. The van der Waals surface area contributed by atoms with Crippen molar-refractivity contribution in [2.75, 3.05) is 13.8 Å². The minimum atomic E-state index is 0.467. The fraction of sp³-hybridized carbons (Fsp3) is 0.250. The summed E-state index contributed by atoms with van der Waals surface area (Å²) in [6.07, 6.45) is 1.71. The molecule has 0 atom stereocenters. The first kappa shape index (κ1) is 12.3. The van der Waals surface area contributed by atoms with Crippen molar-refractivity contribution < 1.29 is 4.74 Å². The molecule has 0 aliphatic carbocycles. The molecule has 2 rings (SSSR count). The fourth-order valence-corrected chi connectivity index (χ4v) is 1.86. The lowest BCUT2D eigenvalue weighted by atomic mass is 10.2. The van der Waals surface area contributed by atoms with E-state index in [-0.39, 0.29) is 0 Å². The predicted octanol–water partition coefficient (Wildman–Crippen LogP) is 3.24. The molecule has 17 heavy (non-hydrogen) atoms. The summed E-state index contributed by atoms with van der Waals surface area (Å²) in [6, 6.07) is 7.70. The average molecular weight is 271 g/mol. The van der Waals surface area contributed by atoms with Crippen molar-refractivity contribution in [2.24, 2.45) is 4.99 Å². The van der Waals surface area contributed by atoms with Crippen LogP contribution in [0.1, 0.15) is 5.56 Å². The standard InChI is InChI=1S/C12H12Cl2N2O/c1-17-12-6-11(14)15-8-16(12)7-9-2-4-10(13)5-3-9/h2-6H,7-8H2,1H3. The van der Waals surface area contributed by atoms with E-state index in [9.17, 15) is 0 Å². The Balaban J connectivity index is 2.09.